The Labute approximate surface area is 151 Å². The molecule has 0 aromatic heterocycles. The van der Waals surface area contributed by atoms with Crippen LogP contribution in [0.1, 0.15) is 29.6 Å². The molecule has 1 amide bonds. The number of hydrogen-bond donors (Lipinski definition) is 0. The number of hydrogen-bond acceptors (Lipinski definition) is 4. The van der Waals surface area contributed by atoms with Gasteiger partial charge in [-0.15, -0.1) is 0 Å². The Morgan fingerprint density at radius 2 is 1.77 bits per heavy atom. The van der Waals surface area contributed by atoms with E-state index >= 15 is 0 Å². The molecule has 0 radical (unpaired) electrons. The normalized spacial score (nSPS) is 13.7. The molecule has 3 rings (SSSR count). The molecule has 2 aromatic carbocycles. The summed E-state index contributed by atoms with van der Waals surface area (Å²) in [7, 11) is 0. The first-order chi connectivity index (χ1) is 12.6. The highest BCUT2D eigenvalue weighted by Gasteiger charge is 2.21. The lowest BCUT2D eigenvalue weighted by Crippen LogP contribution is -2.23. The van der Waals surface area contributed by atoms with Crippen LogP contribution in [0.25, 0.3) is 0 Å². The van der Waals surface area contributed by atoms with E-state index in [-0.39, 0.29) is 18.3 Å². The van der Waals surface area contributed by atoms with Crippen molar-refractivity contribution >= 4 is 17.6 Å². The van der Waals surface area contributed by atoms with E-state index in [4.69, 9.17) is 9.47 Å². The number of amides is 1. The van der Waals surface area contributed by atoms with Gasteiger partial charge in [-0.3, -0.25) is 4.79 Å². The van der Waals surface area contributed by atoms with Crippen molar-refractivity contribution in [1.82, 2.24) is 0 Å². The van der Waals surface area contributed by atoms with Crippen molar-refractivity contribution < 1.29 is 23.5 Å². The van der Waals surface area contributed by atoms with Crippen LogP contribution in [-0.4, -0.2) is 31.6 Å². The number of carbonyl (C=O) groups excluding carboxylic acids is 2. The van der Waals surface area contributed by atoms with Crippen LogP contribution in [0, 0.1) is 5.82 Å². The molecule has 0 bridgehead atoms. The van der Waals surface area contributed by atoms with Gasteiger partial charge in [0, 0.05) is 25.1 Å². The fraction of sp³-hybridized carbons (Fsp3) is 0.300. The molecule has 1 aliphatic heterocycles. The minimum absolute atomic E-state index is 0.112. The zero-order valence-electron chi connectivity index (χ0n) is 14.3. The summed E-state index contributed by atoms with van der Waals surface area (Å²) in [4.78, 5) is 25.5. The Bertz CT molecular complexity index is 758. The van der Waals surface area contributed by atoms with Gasteiger partial charge in [0.15, 0.2) is 0 Å². The maximum absolute atomic E-state index is 12.8. The van der Waals surface area contributed by atoms with Crippen molar-refractivity contribution in [2.45, 2.75) is 19.3 Å². The second-order valence-electron chi connectivity index (χ2n) is 5.99. The van der Waals surface area contributed by atoms with Crippen LogP contribution in [0.3, 0.4) is 0 Å². The van der Waals surface area contributed by atoms with Crippen LogP contribution < -0.4 is 9.64 Å². The molecule has 0 saturated carbocycles. The van der Waals surface area contributed by atoms with E-state index in [2.05, 4.69) is 0 Å². The second-order valence-corrected chi connectivity index (χ2v) is 5.99. The standard InChI is InChI=1S/C20H20FNO4/c21-16-6-10-18(11-7-16)25-13-2-14-26-20(24)15-4-8-17(9-5-15)22-12-1-3-19(22)23/h4-11H,1-3,12-14H2. The SMILES string of the molecule is O=C(OCCCOc1ccc(F)cc1)c1ccc(N2CCCC2=O)cc1. The highest BCUT2D eigenvalue weighted by Crippen LogP contribution is 2.21. The molecular formula is C20H20FNO4. The number of benzene rings is 2. The summed E-state index contributed by atoms with van der Waals surface area (Å²) < 4.78 is 23.4. The van der Waals surface area contributed by atoms with Gasteiger partial charge in [0.25, 0.3) is 0 Å². The number of nitrogens with zero attached hydrogens (tertiary/aromatic N) is 1. The van der Waals surface area contributed by atoms with Crippen LogP contribution in [-0.2, 0) is 9.53 Å². The Morgan fingerprint density at radius 3 is 2.42 bits per heavy atom. The highest BCUT2D eigenvalue weighted by molar-refractivity contribution is 5.96. The fourth-order valence-electron chi connectivity index (χ4n) is 2.73. The molecule has 26 heavy (non-hydrogen) atoms. The van der Waals surface area contributed by atoms with Gasteiger partial charge in [0.1, 0.15) is 11.6 Å². The molecule has 0 unspecified atom stereocenters. The molecule has 2 aromatic rings. The average Bonchev–Trinajstić information content (AvgIpc) is 3.09. The Balaban J connectivity index is 1.40. The van der Waals surface area contributed by atoms with Crippen LogP contribution in [0.4, 0.5) is 10.1 Å². The van der Waals surface area contributed by atoms with Crippen molar-refractivity contribution in [3.05, 3.63) is 59.9 Å². The molecule has 5 nitrogen and oxygen atoms in total. The van der Waals surface area contributed by atoms with E-state index in [0.717, 1.165) is 18.7 Å². The van der Waals surface area contributed by atoms with E-state index in [1.807, 2.05) is 0 Å². The number of rotatable bonds is 7. The van der Waals surface area contributed by atoms with E-state index < -0.39 is 5.97 Å². The van der Waals surface area contributed by atoms with Gasteiger partial charge < -0.3 is 14.4 Å². The molecule has 6 heteroatoms. The van der Waals surface area contributed by atoms with Gasteiger partial charge in [-0.1, -0.05) is 0 Å². The summed E-state index contributed by atoms with van der Waals surface area (Å²) in [6.07, 6.45) is 1.97. The second kappa shape index (κ2) is 8.47. The Hall–Kier alpha value is -2.89. The minimum atomic E-state index is -0.411. The third-order valence-electron chi connectivity index (χ3n) is 4.09. The number of carbonyl (C=O) groups is 2. The number of ether oxygens (including phenoxy) is 2. The van der Waals surface area contributed by atoms with Crippen LogP contribution in [0.2, 0.25) is 0 Å². The molecular weight excluding hydrogens is 337 g/mol. The first-order valence-corrected chi connectivity index (χ1v) is 8.59. The van der Waals surface area contributed by atoms with Gasteiger partial charge in [0.05, 0.1) is 18.8 Å². The number of anilines is 1. The first kappa shape index (κ1) is 17.9. The molecule has 1 aliphatic rings. The Morgan fingerprint density at radius 1 is 1.04 bits per heavy atom. The molecule has 0 aliphatic carbocycles. The monoisotopic (exact) mass is 357 g/mol. The predicted molar refractivity (Wildman–Crippen MR) is 94.8 cm³/mol. The molecule has 1 fully saturated rings. The third kappa shape index (κ3) is 4.59. The summed E-state index contributed by atoms with van der Waals surface area (Å²) in [5.74, 6) is -0.0382. The van der Waals surface area contributed by atoms with Gasteiger partial charge in [-0.05, 0) is 55.0 Å². The van der Waals surface area contributed by atoms with Gasteiger partial charge >= 0.3 is 5.97 Å². The quantitative estimate of drug-likeness (QED) is 0.561. The summed E-state index contributed by atoms with van der Waals surface area (Å²) in [5.41, 5.74) is 1.25. The van der Waals surface area contributed by atoms with Crippen molar-refractivity contribution in [3.8, 4) is 5.75 Å². The van der Waals surface area contributed by atoms with Gasteiger partial charge in [-0.2, -0.15) is 0 Å². The fourth-order valence-corrected chi connectivity index (χ4v) is 2.73. The van der Waals surface area contributed by atoms with Crippen molar-refractivity contribution in [3.63, 3.8) is 0 Å². The van der Waals surface area contributed by atoms with E-state index in [1.165, 1.54) is 12.1 Å². The van der Waals surface area contributed by atoms with Gasteiger partial charge in [-0.25, -0.2) is 9.18 Å². The molecule has 1 heterocycles. The topological polar surface area (TPSA) is 55.8 Å². The van der Waals surface area contributed by atoms with Crippen LogP contribution in [0.15, 0.2) is 48.5 Å². The predicted octanol–water partition coefficient (Wildman–Crippen LogP) is 3.58. The maximum atomic E-state index is 12.8. The summed E-state index contributed by atoms with van der Waals surface area (Å²) in [6.45, 7) is 1.32. The third-order valence-corrected chi connectivity index (χ3v) is 4.09. The van der Waals surface area contributed by atoms with E-state index in [9.17, 15) is 14.0 Å². The molecule has 1 saturated heterocycles. The van der Waals surface area contributed by atoms with Gasteiger partial charge in [0.2, 0.25) is 5.91 Å². The highest BCUT2D eigenvalue weighted by atomic mass is 19.1. The van der Waals surface area contributed by atoms with Crippen molar-refractivity contribution in [2.24, 2.45) is 0 Å². The maximum Gasteiger partial charge on any atom is 0.338 e. The molecule has 0 atom stereocenters. The lowest BCUT2D eigenvalue weighted by Gasteiger charge is -2.15. The molecule has 0 spiro atoms. The number of halogens is 1. The molecule has 0 N–H and O–H groups in total. The molecule has 136 valence electrons. The van der Waals surface area contributed by atoms with E-state index in [0.29, 0.717) is 30.8 Å². The zero-order chi connectivity index (χ0) is 18.4. The zero-order valence-corrected chi connectivity index (χ0v) is 14.3. The van der Waals surface area contributed by atoms with Crippen LogP contribution >= 0.6 is 0 Å². The number of esters is 1. The lowest BCUT2D eigenvalue weighted by atomic mass is 10.2. The lowest BCUT2D eigenvalue weighted by molar-refractivity contribution is -0.117. The van der Waals surface area contributed by atoms with E-state index in [1.54, 1.807) is 41.3 Å². The minimum Gasteiger partial charge on any atom is -0.493 e. The van der Waals surface area contributed by atoms with Crippen molar-refractivity contribution in [1.29, 1.82) is 0 Å². The largest absolute Gasteiger partial charge is 0.493 e. The van der Waals surface area contributed by atoms with Crippen LogP contribution in [0.5, 0.6) is 5.75 Å². The first-order valence-electron chi connectivity index (χ1n) is 8.59. The average molecular weight is 357 g/mol. The summed E-state index contributed by atoms with van der Waals surface area (Å²) >= 11 is 0. The summed E-state index contributed by atoms with van der Waals surface area (Å²) in [6, 6.07) is 12.6. The Kier molecular flexibility index (Phi) is 5.84. The summed E-state index contributed by atoms with van der Waals surface area (Å²) in [5, 5.41) is 0. The van der Waals surface area contributed by atoms with Crippen molar-refractivity contribution in [2.75, 3.05) is 24.7 Å². The smallest absolute Gasteiger partial charge is 0.338 e.